The van der Waals surface area contributed by atoms with E-state index in [1.807, 2.05) is 20.8 Å². The highest BCUT2D eigenvalue weighted by atomic mass is 79.9. The van der Waals surface area contributed by atoms with Crippen LogP contribution in [-0.2, 0) is 19.1 Å². The van der Waals surface area contributed by atoms with Gasteiger partial charge in [-0.05, 0) is 33.6 Å². The van der Waals surface area contributed by atoms with Gasteiger partial charge in [0.25, 0.3) is 0 Å². The molecule has 3 fully saturated rings. The van der Waals surface area contributed by atoms with Gasteiger partial charge in [-0.25, -0.2) is 0 Å². The number of hydrogen-bond donors (Lipinski definition) is 2. The van der Waals surface area contributed by atoms with E-state index in [0.717, 1.165) is 0 Å². The number of esters is 1. The Balaban J connectivity index is 2.08. The normalized spacial score (nSPS) is 37.3. The zero-order valence-electron chi connectivity index (χ0n) is 16.7. The van der Waals surface area contributed by atoms with E-state index in [1.54, 1.807) is 23.6 Å². The molecule has 3 heterocycles. The fraction of sp³-hybridized carbons (Fsp3) is 0.842. The van der Waals surface area contributed by atoms with Crippen molar-refractivity contribution in [1.82, 2.24) is 10.2 Å². The van der Waals surface area contributed by atoms with Crippen molar-refractivity contribution in [1.29, 1.82) is 0 Å². The van der Waals surface area contributed by atoms with E-state index in [4.69, 9.17) is 4.74 Å². The Morgan fingerprint density at radius 2 is 2.11 bits per heavy atom. The summed E-state index contributed by atoms with van der Waals surface area (Å²) in [6.45, 7) is 7.43. The summed E-state index contributed by atoms with van der Waals surface area (Å²) in [5.41, 5.74) is 0. The molecule has 158 valence electrons. The molecule has 2 amide bonds. The van der Waals surface area contributed by atoms with Crippen LogP contribution in [0.5, 0.6) is 0 Å². The molecule has 7 nitrogen and oxygen atoms in total. The maximum atomic E-state index is 13.6. The summed E-state index contributed by atoms with van der Waals surface area (Å²) in [7, 11) is 0. The molecule has 0 aromatic heterocycles. The molecule has 7 atom stereocenters. The number of thioether (sulfide) groups is 1. The predicted molar refractivity (Wildman–Crippen MR) is 110 cm³/mol. The molecule has 2 N–H and O–H groups in total. The lowest BCUT2D eigenvalue weighted by atomic mass is 9.71. The van der Waals surface area contributed by atoms with Gasteiger partial charge in [0.05, 0.1) is 35.8 Å². The van der Waals surface area contributed by atoms with Gasteiger partial charge in [0.2, 0.25) is 11.8 Å². The molecule has 0 radical (unpaired) electrons. The molecule has 2 bridgehead atoms. The summed E-state index contributed by atoms with van der Waals surface area (Å²) in [5, 5.41) is 12.7. The van der Waals surface area contributed by atoms with Crippen molar-refractivity contribution < 1.29 is 24.2 Å². The van der Waals surface area contributed by atoms with Crippen LogP contribution in [0.15, 0.2) is 0 Å². The average molecular weight is 477 g/mol. The Morgan fingerprint density at radius 1 is 1.43 bits per heavy atom. The number of likely N-dealkylation sites (tertiary alicyclic amines) is 1. The van der Waals surface area contributed by atoms with Crippen molar-refractivity contribution in [3.05, 3.63) is 0 Å². The molecule has 3 aliphatic rings. The van der Waals surface area contributed by atoms with Gasteiger partial charge in [0.15, 0.2) is 0 Å². The summed E-state index contributed by atoms with van der Waals surface area (Å²) in [4.78, 5) is 41.2. The molecule has 3 aliphatic heterocycles. The second-order valence-electron chi connectivity index (χ2n) is 8.07. The average Bonchev–Trinajstić information content (AvgIpc) is 3.20. The van der Waals surface area contributed by atoms with Gasteiger partial charge < -0.3 is 20.1 Å². The molecule has 9 heteroatoms. The van der Waals surface area contributed by atoms with Crippen LogP contribution in [-0.4, -0.2) is 74.0 Å². The van der Waals surface area contributed by atoms with Crippen molar-refractivity contribution in [2.24, 2.45) is 11.8 Å². The first-order valence-electron chi connectivity index (χ1n) is 9.95. The number of aliphatic hydroxyl groups excluding tert-OH is 1. The number of fused-ring (bicyclic) bond motifs is 1. The van der Waals surface area contributed by atoms with Gasteiger partial charge in [-0.2, -0.15) is 0 Å². The van der Waals surface area contributed by atoms with Crippen LogP contribution in [0.3, 0.4) is 0 Å². The summed E-state index contributed by atoms with van der Waals surface area (Å²) in [6, 6.07) is -1.23. The number of hydrogen-bond acceptors (Lipinski definition) is 6. The third-order valence-corrected chi connectivity index (χ3v) is 9.26. The Morgan fingerprint density at radius 3 is 2.64 bits per heavy atom. The van der Waals surface area contributed by atoms with E-state index in [-0.39, 0.29) is 47.1 Å². The number of ether oxygens (including phenoxy) is 1. The number of amides is 2. The molecule has 3 saturated heterocycles. The van der Waals surface area contributed by atoms with E-state index in [0.29, 0.717) is 12.8 Å². The molecule has 0 aromatic rings. The molecular formula is C19H29BrN2O5S. The first kappa shape index (κ1) is 21.9. The molecule has 0 saturated carbocycles. The van der Waals surface area contributed by atoms with Crippen molar-refractivity contribution in [3.8, 4) is 0 Å². The Bertz CT molecular complexity index is 658. The molecule has 3 unspecified atom stereocenters. The number of rotatable bonds is 7. The molecule has 1 spiro atoms. The molecule has 28 heavy (non-hydrogen) atoms. The minimum atomic E-state index is -0.709. The molecule has 3 rings (SSSR count). The topological polar surface area (TPSA) is 95.9 Å². The summed E-state index contributed by atoms with van der Waals surface area (Å²) < 4.78 is 4.61. The fourth-order valence-corrected chi connectivity index (χ4v) is 8.63. The van der Waals surface area contributed by atoms with E-state index >= 15 is 0 Å². The number of halogens is 1. The van der Waals surface area contributed by atoms with Crippen molar-refractivity contribution >= 4 is 45.5 Å². The van der Waals surface area contributed by atoms with Crippen molar-refractivity contribution in [2.75, 3.05) is 13.2 Å². The lowest BCUT2D eigenvalue weighted by Gasteiger charge is -2.37. The van der Waals surface area contributed by atoms with Crippen LogP contribution in [0.4, 0.5) is 0 Å². The molecule has 0 aromatic carbocycles. The number of alkyl halides is 1. The van der Waals surface area contributed by atoms with Crippen LogP contribution in [0.25, 0.3) is 0 Å². The molecular weight excluding hydrogens is 448 g/mol. The Kier molecular flexibility index (Phi) is 6.37. The quantitative estimate of drug-likeness (QED) is 0.424. The van der Waals surface area contributed by atoms with Gasteiger partial charge in [0.1, 0.15) is 6.04 Å². The maximum absolute atomic E-state index is 13.6. The number of aliphatic hydroxyl groups is 1. The van der Waals surface area contributed by atoms with Crippen LogP contribution < -0.4 is 5.32 Å². The van der Waals surface area contributed by atoms with E-state index in [9.17, 15) is 19.5 Å². The Labute approximate surface area is 178 Å². The van der Waals surface area contributed by atoms with E-state index in [2.05, 4.69) is 21.2 Å². The predicted octanol–water partition coefficient (Wildman–Crippen LogP) is 1.31. The summed E-state index contributed by atoms with van der Waals surface area (Å²) in [5.74, 6) is -1.97. The smallest absolute Gasteiger partial charge is 0.310 e. The second-order valence-corrected chi connectivity index (χ2v) is 10.8. The number of carbonyl (C=O) groups excluding carboxylic acids is 3. The Hall–Kier alpha value is -0.800. The first-order chi connectivity index (χ1) is 13.2. The van der Waals surface area contributed by atoms with E-state index in [1.165, 1.54) is 0 Å². The molecule has 0 aliphatic carbocycles. The van der Waals surface area contributed by atoms with Crippen molar-refractivity contribution in [2.45, 2.75) is 73.5 Å². The van der Waals surface area contributed by atoms with Crippen LogP contribution >= 0.6 is 27.7 Å². The van der Waals surface area contributed by atoms with Crippen molar-refractivity contribution in [3.63, 3.8) is 0 Å². The third kappa shape index (κ3) is 3.17. The maximum Gasteiger partial charge on any atom is 0.310 e. The van der Waals surface area contributed by atoms with Gasteiger partial charge in [-0.1, -0.05) is 22.9 Å². The number of carbonyl (C=O) groups is 3. The summed E-state index contributed by atoms with van der Waals surface area (Å²) >= 11 is 5.26. The minimum Gasteiger partial charge on any atom is -0.466 e. The zero-order chi connectivity index (χ0) is 20.8. The van der Waals surface area contributed by atoms with Gasteiger partial charge in [-0.3, -0.25) is 14.4 Å². The van der Waals surface area contributed by atoms with Gasteiger partial charge in [0, 0.05) is 16.1 Å². The van der Waals surface area contributed by atoms with Gasteiger partial charge in [-0.15, -0.1) is 11.8 Å². The highest BCUT2D eigenvalue weighted by Crippen LogP contribution is 2.68. The SMILES string of the molecule is CCOC(=O)[C@H]1[C@@H]2SC3(CC2Br)C(C(=O)NC(C)C)N([C@@H](CC)CO)C(=O)[C@H]13. The van der Waals surface area contributed by atoms with Crippen LogP contribution in [0.2, 0.25) is 0 Å². The first-order valence-corrected chi connectivity index (χ1v) is 11.7. The largest absolute Gasteiger partial charge is 0.466 e. The second kappa shape index (κ2) is 8.14. The number of nitrogens with zero attached hydrogens (tertiary/aromatic N) is 1. The van der Waals surface area contributed by atoms with Gasteiger partial charge >= 0.3 is 5.97 Å². The number of nitrogens with one attached hydrogen (secondary N) is 1. The lowest BCUT2D eigenvalue weighted by Crippen LogP contribution is -2.57. The standard InChI is InChI=1S/C19H29BrN2O5S/c1-5-10(8-23)22-15(16(24)21-9(3)4)19-7-11(20)14(28-19)12(13(19)17(22)25)18(26)27-6-2/h9-15,23H,5-8H2,1-4H3,(H,21,24)/t10-,11?,12+,13-,14+,15?,19?/m0/s1. The van der Waals surface area contributed by atoms with E-state index < -0.39 is 28.7 Å². The zero-order valence-corrected chi connectivity index (χ0v) is 19.1. The monoisotopic (exact) mass is 476 g/mol. The minimum absolute atomic E-state index is 0.0273. The fourth-order valence-electron chi connectivity index (χ4n) is 5.05. The van der Waals surface area contributed by atoms with Crippen LogP contribution in [0.1, 0.15) is 40.5 Å². The third-order valence-electron chi connectivity index (χ3n) is 6.04. The highest BCUT2D eigenvalue weighted by molar-refractivity contribution is 9.09. The highest BCUT2D eigenvalue weighted by Gasteiger charge is 2.76. The van der Waals surface area contributed by atoms with Crippen LogP contribution in [0, 0.1) is 11.8 Å². The lowest BCUT2D eigenvalue weighted by molar-refractivity contribution is -0.154. The summed E-state index contributed by atoms with van der Waals surface area (Å²) in [6.07, 6.45) is 1.16.